The number of rotatable bonds is 7. The molecule has 0 spiro atoms. The summed E-state index contributed by atoms with van der Waals surface area (Å²) in [7, 11) is 4.08. The highest BCUT2D eigenvalue weighted by atomic mass is 16.4. The lowest BCUT2D eigenvalue weighted by Crippen LogP contribution is -2.23. The summed E-state index contributed by atoms with van der Waals surface area (Å²) in [5.74, 6) is -0.246. The van der Waals surface area contributed by atoms with Gasteiger partial charge in [-0.05, 0) is 32.5 Å². The molecule has 2 heterocycles. The number of benzene rings is 1. The second kappa shape index (κ2) is 7.33. The van der Waals surface area contributed by atoms with Crippen molar-refractivity contribution in [2.45, 2.75) is 32.7 Å². The number of fused-ring (bicyclic) bond motifs is 1. The third-order valence-electron chi connectivity index (χ3n) is 5.01. The summed E-state index contributed by atoms with van der Waals surface area (Å²) in [5.41, 5.74) is 2.66. The van der Waals surface area contributed by atoms with E-state index < -0.39 is 5.97 Å². The van der Waals surface area contributed by atoms with Crippen molar-refractivity contribution in [3.63, 3.8) is 0 Å². The van der Waals surface area contributed by atoms with E-state index in [9.17, 15) is 9.90 Å². The normalized spacial score (nSPS) is 14.0. The van der Waals surface area contributed by atoms with Crippen LogP contribution in [0.4, 0.5) is 0 Å². The van der Waals surface area contributed by atoms with Gasteiger partial charge in [-0.3, -0.25) is 0 Å². The summed E-state index contributed by atoms with van der Waals surface area (Å²) >= 11 is 0. The Bertz CT molecular complexity index is 910. The fourth-order valence-corrected chi connectivity index (χ4v) is 3.37. The van der Waals surface area contributed by atoms with Gasteiger partial charge in [-0.25, -0.2) is 9.78 Å². The van der Waals surface area contributed by atoms with Crippen molar-refractivity contribution in [2.75, 3.05) is 14.1 Å². The summed E-state index contributed by atoms with van der Waals surface area (Å²) in [6.07, 6.45) is 3.24. The molecule has 26 heavy (non-hydrogen) atoms. The van der Waals surface area contributed by atoms with Crippen LogP contribution in [0.1, 0.15) is 48.9 Å². The summed E-state index contributed by atoms with van der Waals surface area (Å²) in [6.45, 7) is 4.42. The van der Waals surface area contributed by atoms with Crippen molar-refractivity contribution in [3.8, 4) is 11.3 Å². The molecule has 0 amide bonds. The van der Waals surface area contributed by atoms with Gasteiger partial charge in [0.25, 0.3) is 0 Å². The van der Waals surface area contributed by atoms with Crippen LogP contribution in [-0.2, 0) is 0 Å². The number of aromatic amines is 1. The number of para-hydroxylation sites is 1. The molecule has 2 unspecified atom stereocenters. The zero-order valence-corrected chi connectivity index (χ0v) is 15.6. The highest BCUT2D eigenvalue weighted by molar-refractivity contribution is 6.01. The standard InChI is InChI=1S/C20H25N3O3/c1-5-12(2)10-15(23(3)4)17-16(13-8-6-7-9-14(13)22-17)19-18(20(24)25)21-11-26-19/h6-9,11-12,15,22H,5,10H2,1-4H3,(H,24,25). The molecule has 0 radical (unpaired) electrons. The lowest BCUT2D eigenvalue weighted by atomic mass is 9.93. The van der Waals surface area contributed by atoms with Crippen LogP contribution in [0.2, 0.25) is 0 Å². The van der Waals surface area contributed by atoms with E-state index in [-0.39, 0.29) is 11.7 Å². The van der Waals surface area contributed by atoms with Crippen molar-refractivity contribution in [1.29, 1.82) is 0 Å². The van der Waals surface area contributed by atoms with Gasteiger partial charge in [0.2, 0.25) is 0 Å². The minimum atomic E-state index is -1.09. The largest absolute Gasteiger partial charge is 0.476 e. The Labute approximate surface area is 152 Å². The monoisotopic (exact) mass is 355 g/mol. The molecule has 0 bridgehead atoms. The zero-order valence-electron chi connectivity index (χ0n) is 15.6. The van der Waals surface area contributed by atoms with Gasteiger partial charge in [0.1, 0.15) is 0 Å². The fraction of sp³-hybridized carbons (Fsp3) is 0.400. The minimum Gasteiger partial charge on any atom is -0.476 e. The van der Waals surface area contributed by atoms with Gasteiger partial charge >= 0.3 is 5.97 Å². The summed E-state index contributed by atoms with van der Waals surface area (Å²) in [6, 6.07) is 7.99. The van der Waals surface area contributed by atoms with E-state index in [2.05, 4.69) is 28.7 Å². The molecular weight excluding hydrogens is 330 g/mol. The Morgan fingerprint density at radius 1 is 1.35 bits per heavy atom. The van der Waals surface area contributed by atoms with Crippen LogP contribution in [0, 0.1) is 5.92 Å². The molecule has 0 aliphatic heterocycles. The van der Waals surface area contributed by atoms with Gasteiger partial charge in [0.15, 0.2) is 17.8 Å². The first-order valence-electron chi connectivity index (χ1n) is 8.88. The Morgan fingerprint density at radius 3 is 2.73 bits per heavy atom. The van der Waals surface area contributed by atoms with Crippen LogP contribution >= 0.6 is 0 Å². The third-order valence-corrected chi connectivity index (χ3v) is 5.01. The molecule has 3 rings (SSSR count). The number of carbonyl (C=O) groups is 1. The number of nitrogens with zero attached hydrogens (tertiary/aromatic N) is 2. The van der Waals surface area contributed by atoms with Crippen LogP contribution in [0.25, 0.3) is 22.2 Å². The van der Waals surface area contributed by atoms with Gasteiger partial charge in [0.05, 0.1) is 11.6 Å². The molecule has 0 saturated carbocycles. The van der Waals surface area contributed by atoms with Crippen molar-refractivity contribution in [3.05, 3.63) is 42.0 Å². The molecule has 138 valence electrons. The molecule has 2 aromatic heterocycles. The summed E-state index contributed by atoms with van der Waals surface area (Å²) in [5, 5.41) is 10.4. The average Bonchev–Trinajstić information content (AvgIpc) is 3.22. The molecular formula is C20H25N3O3. The van der Waals surface area contributed by atoms with E-state index in [4.69, 9.17) is 4.42 Å². The van der Waals surface area contributed by atoms with Gasteiger partial charge < -0.3 is 19.4 Å². The third kappa shape index (κ3) is 3.24. The first kappa shape index (κ1) is 18.2. The van der Waals surface area contributed by atoms with Gasteiger partial charge in [0, 0.05) is 16.6 Å². The second-order valence-corrected chi connectivity index (χ2v) is 7.02. The van der Waals surface area contributed by atoms with E-state index in [1.807, 2.05) is 38.4 Å². The number of oxazole rings is 1. The van der Waals surface area contributed by atoms with Crippen LogP contribution < -0.4 is 0 Å². The first-order chi connectivity index (χ1) is 12.4. The fourth-order valence-electron chi connectivity index (χ4n) is 3.37. The van der Waals surface area contributed by atoms with Crippen LogP contribution in [-0.4, -0.2) is 40.0 Å². The van der Waals surface area contributed by atoms with Gasteiger partial charge in [-0.15, -0.1) is 0 Å². The predicted molar refractivity (Wildman–Crippen MR) is 101 cm³/mol. The van der Waals surface area contributed by atoms with E-state index >= 15 is 0 Å². The number of aromatic carboxylic acids is 1. The predicted octanol–water partition coefficient (Wildman–Crippen LogP) is 4.56. The topological polar surface area (TPSA) is 82.4 Å². The van der Waals surface area contributed by atoms with Crippen molar-refractivity contribution >= 4 is 16.9 Å². The molecule has 0 fully saturated rings. The minimum absolute atomic E-state index is 0.0583. The van der Waals surface area contributed by atoms with Crippen molar-refractivity contribution in [1.82, 2.24) is 14.9 Å². The maximum absolute atomic E-state index is 11.6. The molecule has 2 N–H and O–H groups in total. The van der Waals surface area contributed by atoms with Crippen molar-refractivity contribution in [2.24, 2.45) is 5.92 Å². The molecule has 0 aliphatic carbocycles. The van der Waals surface area contributed by atoms with E-state index in [0.29, 0.717) is 11.7 Å². The maximum Gasteiger partial charge on any atom is 0.358 e. The maximum atomic E-state index is 11.6. The molecule has 2 atom stereocenters. The second-order valence-electron chi connectivity index (χ2n) is 7.02. The van der Waals surface area contributed by atoms with Gasteiger partial charge in [-0.2, -0.15) is 0 Å². The van der Waals surface area contributed by atoms with E-state index in [1.165, 1.54) is 6.39 Å². The van der Waals surface area contributed by atoms with Crippen molar-refractivity contribution < 1.29 is 14.3 Å². The SMILES string of the molecule is CCC(C)CC(c1[nH]c2ccccc2c1-c1ocnc1C(=O)O)N(C)C. The van der Waals surface area contributed by atoms with E-state index in [1.54, 1.807) is 0 Å². The molecule has 0 aliphatic rings. The van der Waals surface area contributed by atoms with Crippen LogP contribution in [0.3, 0.4) is 0 Å². The Morgan fingerprint density at radius 2 is 2.08 bits per heavy atom. The molecule has 0 saturated heterocycles. The lowest BCUT2D eigenvalue weighted by molar-refractivity contribution is 0.0691. The van der Waals surface area contributed by atoms with Crippen LogP contribution in [0.5, 0.6) is 0 Å². The number of carboxylic acid groups (broad SMARTS) is 1. The Kier molecular flexibility index (Phi) is 5.13. The highest BCUT2D eigenvalue weighted by Gasteiger charge is 2.29. The lowest BCUT2D eigenvalue weighted by Gasteiger charge is -2.27. The number of aromatic nitrogens is 2. The summed E-state index contributed by atoms with van der Waals surface area (Å²) < 4.78 is 5.55. The quantitative estimate of drug-likeness (QED) is 0.649. The Hall–Kier alpha value is -2.60. The molecule has 6 nitrogen and oxygen atoms in total. The Balaban J connectivity index is 2.25. The summed E-state index contributed by atoms with van der Waals surface area (Å²) in [4.78, 5) is 21.2. The number of hydrogen-bond donors (Lipinski definition) is 2. The van der Waals surface area contributed by atoms with Crippen LogP contribution in [0.15, 0.2) is 35.1 Å². The number of H-pyrrole nitrogens is 1. The zero-order chi connectivity index (χ0) is 18.8. The first-order valence-corrected chi connectivity index (χ1v) is 8.88. The molecule has 6 heteroatoms. The van der Waals surface area contributed by atoms with E-state index in [0.717, 1.165) is 35.0 Å². The molecule has 1 aromatic carbocycles. The smallest absolute Gasteiger partial charge is 0.358 e. The average molecular weight is 355 g/mol. The molecule has 3 aromatic rings. The van der Waals surface area contributed by atoms with Gasteiger partial charge in [-0.1, -0.05) is 38.5 Å². The number of nitrogens with one attached hydrogen (secondary N) is 1. The highest BCUT2D eigenvalue weighted by Crippen LogP contribution is 2.40. The number of hydrogen-bond acceptors (Lipinski definition) is 4. The number of carboxylic acids is 1.